The standard InChI is InChI=1S/C22H14FNOS/c23-14-7-5-6-13(12-14)22-19-20(15-8-1-2-9-16(15)21(19)25)24-17-10-3-4-11-18(17)26-22/h1-12,22,24H/t22-/m0/s1. The second kappa shape index (κ2) is 5.85. The summed E-state index contributed by atoms with van der Waals surface area (Å²) in [6.07, 6.45) is 0. The highest BCUT2D eigenvalue weighted by Crippen LogP contribution is 2.52. The lowest BCUT2D eigenvalue weighted by molar-refractivity contribution is 0.103. The molecular weight excluding hydrogens is 345 g/mol. The summed E-state index contributed by atoms with van der Waals surface area (Å²) in [4.78, 5) is 14.2. The lowest BCUT2D eigenvalue weighted by Crippen LogP contribution is -2.07. The van der Waals surface area contributed by atoms with Crippen molar-refractivity contribution in [1.29, 1.82) is 0 Å². The quantitative estimate of drug-likeness (QED) is 0.605. The van der Waals surface area contributed by atoms with Gasteiger partial charge in [0, 0.05) is 21.6 Å². The van der Waals surface area contributed by atoms with Crippen LogP contribution in [0.3, 0.4) is 0 Å². The number of carbonyl (C=O) groups excluding carboxylic acids is 1. The Morgan fingerprint density at radius 1 is 0.885 bits per heavy atom. The van der Waals surface area contributed by atoms with Crippen LogP contribution in [-0.2, 0) is 0 Å². The van der Waals surface area contributed by atoms with E-state index < -0.39 is 0 Å². The summed E-state index contributed by atoms with van der Waals surface area (Å²) in [5.74, 6) is -0.281. The molecule has 0 spiro atoms. The number of halogens is 1. The second-order valence-corrected chi connectivity index (χ2v) is 7.48. The minimum absolute atomic E-state index is 0.0117. The number of para-hydroxylation sites is 1. The number of ketones is 1. The Morgan fingerprint density at radius 2 is 1.65 bits per heavy atom. The summed E-state index contributed by atoms with van der Waals surface area (Å²) in [6, 6.07) is 22.1. The van der Waals surface area contributed by atoms with Gasteiger partial charge >= 0.3 is 0 Å². The fourth-order valence-corrected chi connectivity index (χ4v) is 4.87. The average Bonchev–Trinajstić information content (AvgIpc) is 2.83. The van der Waals surface area contributed by atoms with Gasteiger partial charge in [-0.1, -0.05) is 48.5 Å². The molecule has 26 heavy (non-hydrogen) atoms. The molecule has 1 aliphatic carbocycles. The van der Waals surface area contributed by atoms with E-state index in [1.165, 1.54) is 12.1 Å². The number of benzene rings is 3. The van der Waals surface area contributed by atoms with Crippen LogP contribution in [0.2, 0.25) is 0 Å². The molecule has 0 saturated carbocycles. The normalized spacial score (nSPS) is 17.9. The molecule has 0 aromatic heterocycles. The van der Waals surface area contributed by atoms with Crippen molar-refractivity contribution in [2.75, 3.05) is 5.32 Å². The third kappa shape index (κ3) is 2.30. The van der Waals surface area contributed by atoms with E-state index in [4.69, 9.17) is 0 Å². The highest BCUT2D eigenvalue weighted by molar-refractivity contribution is 8.00. The van der Waals surface area contributed by atoms with Crippen molar-refractivity contribution in [2.24, 2.45) is 0 Å². The van der Waals surface area contributed by atoms with Crippen LogP contribution in [0.25, 0.3) is 5.70 Å². The predicted octanol–water partition coefficient (Wildman–Crippen LogP) is 5.69. The van der Waals surface area contributed by atoms with Crippen molar-refractivity contribution in [1.82, 2.24) is 0 Å². The monoisotopic (exact) mass is 359 g/mol. The Bertz CT molecular complexity index is 1090. The fraction of sp³-hybridized carbons (Fsp3) is 0.0455. The van der Waals surface area contributed by atoms with Gasteiger partial charge in [-0.2, -0.15) is 0 Å². The first-order valence-electron chi connectivity index (χ1n) is 8.39. The van der Waals surface area contributed by atoms with E-state index >= 15 is 0 Å². The second-order valence-electron chi connectivity index (χ2n) is 6.34. The van der Waals surface area contributed by atoms with Crippen LogP contribution < -0.4 is 5.32 Å². The van der Waals surface area contributed by atoms with Gasteiger partial charge in [0.25, 0.3) is 0 Å². The largest absolute Gasteiger partial charge is 0.354 e. The summed E-state index contributed by atoms with van der Waals surface area (Å²) in [5, 5.41) is 3.20. The number of rotatable bonds is 1. The Balaban J connectivity index is 1.76. The molecule has 3 aromatic rings. The topological polar surface area (TPSA) is 29.1 Å². The molecule has 0 bridgehead atoms. The Morgan fingerprint density at radius 3 is 2.50 bits per heavy atom. The van der Waals surface area contributed by atoms with Crippen molar-refractivity contribution in [3.63, 3.8) is 0 Å². The molecule has 0 unspecified atom stereocenters. The molecule has 2 nitrogen and oxygen atoms in total. The first-order chi connectivity index (χ1) is 12.7. The molecule has 3 aromatic carbocycles. The molecule has 1 heterocycles. The maximum absolute atomic E-state index is 13.9. The van der Waals surface area contributed by atoms with Gasteiger partial charge in [-0.15, -0.1) is 11.8 Å². The van der Waals surface area contributed by atoms with Crippen LogP contribution in [-0.4, -0.2) is 5.78 Å². The number of anilines is 1. The smallest absolute Gasteiger partial charge is 0.193 e. The average molecular weight is 359 g/mol. The van der Waals surface area contributed by atoms with Crippen LogP contribution in [0.4, 0.5) is 10.1 Å². The predicted molar refractivity (Wildman–Crippen MR) is 103 cm³/mol. The fourth-order valence-electron chi connectivity index (χ4n) is 3.59. The maximum atomic E-state index is 13.9. The maximum Gasteiger partial charge on any atom is 0.193 e. The SMILES string of the molecule is O=C1C2=C(Nc3ccccc3S[C@H]2c2cccc(F)c2)c2ccccc21. The molecular formula is C22H14FNOS. The van der Waals surface area contributed by atoms with Gasteiger partial charge in [-0.25, -0.2) is 4.39 Å². The summed E-state index contributed by atoms with van der Waals surface area (Å²) < 4.78 is 13.9. The number of nitrogens with one attached hydrogen (secondary N) is 1. The summed E-state index contributed by atoms with van der Waals surface area (Å²) in [7, 11) is 0. The minimum atomic E-state index is -0.293. The number of Topliss-reactive ketones (excluding diaryl/α,β-unsaturated/α-hetero) is 1. The lowest BCUT2D eigenvalue weighted by atomic mass is 10.0. The zero-order valence-electron chi connectivity index (χ0n) is 13.7. The highest BCUT2D eigenvalue weighted by atomic mass is 32.2. The van der Waals surface area contributed by atoms with E-state index in [1.807, 2.05) is 54.6 Å². The van der Waals surface area contributed by atoms with E-state index in [-0.39, 0.29) is 16.9 Å². The zero-order chi connectivity index (χ0) is 17.7. The van der Waals surface area contributed by atoms with E-state index in [9.17, 15) is 9.18 Å². The van der Waals surface area contributed by atoms with E-state index in [0.29, 0.717) is 11.1 Å². The van der Waals surface area contributed by atoms with Gasteiger partial charge in [0.05, 0.1) is 16.6 Å². The summed E-state index contributed by atoms with van der Waals surface area (Å²) in [6.45, 7) is 0. The molecule has 0 fully saturated rings. The molecule has 0 radical (unpaired) electrons. The number of carbonyl (C=O) groups is 1. The lowest BCUT2D eigenvalue weighted by Gasteiger charge is -2.17. The van der Waals surface area contributed by atoms with Crippen LogP contribution >= 0.6 is 11.8 Å². The van der Waals surface area contributed by atoms with Crippen LogP contribution in [0, 0.1) is 5.82 Å². The zero-order valence-corrected chi connectivity index (χ0v) is 14.5. The van der Waals surface area contributed by atoms with Crippen molar-refractivity contribution in [3.05, 3.63) is 101 Å². The Labute approximate surface area is 154 Å². The number of hydrogen-bond donors (Lipinski definition) is 1. The van der Waals surface area contributed by atoms with Gasteiger partial charge in [0.2, 0.25) is 0 Å². The molecule has 0 saturated heterocycles. The molecule has 1 atom stereocenters. The van der Waals surface area contributed by atoms with Gasteiger partial charge in [-0.05, 0) is 29.8 Å². The summed E-state index contributed by atoms with van der Waals surface area (Å²) in [5.41, 5.74) is 4.89. The number of thioether (sulfide) groups is 1. The number of hydrogen-bond acceptors (Lipinski definition) is 3. The van der Waals surface area contributed by atoms with Crippen molar-refractivity contribution >= 4 is 28.9 Å². The third-order valence-electron chi connectivity index (χ3n) is 4.76. The molecule has 1 N–H and O–H groups in total. The number of fused-ring (bicyclic) bond motifs is 3. The van der Waals surface area contributed by atoms with E-state index in [0.717, 1.165) is 27.4 Å². The third-order valence-corrected chi connectivity index (χ3v) is 6.11. The Hall–Kier alpha value is -2.85. The molecule has 4 heteroatoms. The van der Waals surface area contributed by atoms with E-state index in [1.54, 1.807) is 17.8 Å². The first-order valence-corrected chi connectivity index (χ1v) is 9.27. The Kier molecular flexibility index (Phi) is 3.47. The van der Waals surface area contributed by atoms with Gasteiger partial charge in [-0.3, -0.25) is 4.79 Å². The molecule has 0 amide bonds. The van der Waals surface area contributed by atoms with Crippen molar-refractivity contribution in [2.45, 2.75) is 10.1 Å². The highest BCUT2D eigenvalue weighted by Gasteiger charge is 2.38. The van der Waals surface area contributed by atoms with Gasteiger partial charge in [0.1, 0.15) is 5.82 Å². The van der Waals surface area contributed by atoms with E-state index in [2.05, 4.69) is 5.32 Å². The molecule has 2 aliphatic rings. The molecule has 5 rings (SSSR count). The van der Waals surface area contributed by atoms with Crippen LogP contribution in [0.15, 0.2) is 83.3 Å². The van der Waals surface area contributed by atoms with Crippen LogP contribution in [0.5, 0.6) is 0 Å². The summed E-state index contributed by atoms with van der Waals surface area (Å²) >= 11 is 1.58. The van der Waals surface area contributed by atoms with Gasteiger partial charge in [0.15, 0.2) is 5.78 Å². The molecule has 126 valence electrons. The van der Waals surface area contributed by atoms with Gasteiger partial charge < -0.3 is 5.32 Å². The first kappa shape index (κ1) is 15.4. The minimum Gasteiger partial charge on any atom is -0.354 e. The van der Waals surface area contributed by atoms with Crippen LogP contribution in [0.1, 0.15) is 26.7 Å². The van der Waals surface area contributed by atoms with Crippen molar-refractivity contribution in [3.8, 4) is 0 Å². The van der Waals surface area contributed by atoms with Crippen molar-refractivity contribution < 1.29 is 9.18 Å². The molecule has 1 aliphatic heterocycles.